The zero-order chi connectivity index (χ0) is 20.8. The van der Waals surface area contributed by atoms with Crippen molar-refractivity contribution >= 4 is 17.5 Å². The highest BCUT2D eigenvalue weighted by atomic mass is 16.5. The van der Waals surface area contributed by atoms with Crippen molar-refractivity contribution in [1.29, 1.82) is 0 Å². The van der Waals surface area contributed by atoms with Gasteiger partial charge in [0.1, 0.15) is 11.5 Å². The lowest BCUT2D eigenvalue weighted by Crippen LogP contribution is -2.04. The standard InChI is InChI=1S/C24H31NO3/c1-7-28-24-18(14-20(15(2)3)23(27)22(24)16(4)5)10-13-21(26)17-8-11-19(25-6)12-9-17/h8-16,25,27H,7H2,1-6H3/b13-10+. The molecule has 0 fully saturated rings. The van der Waals surface area contributed by atoms with Crippen LogP contribution in [0.1, 0.15) is 73.5 Å². The van der Waals surface area contributed by atoms with Crippen molar-refractivity contribution in [2.24, 2.45) is 0 Å². The van der Waals surface area contributed by atoms with Gasteiger partial charge in [-0.3, -0.25) is 4.79 Å². The molecule has 0 aliphatic rings. The lowest BCUT2D eigenvalue weighted by molar-refractivity contribution is 0.104. The summed E-state index contributed by atoms with van der Waals surface area (Å²) < 4.78 is 5.88. The average molecular weight is 382 g/mol. The van der Waals surface area contributed by atoms with Crippen LogP contribution in [-0.4, -0.2) is 24.5 Å². The van der Waals surface area contributed by atoms with Crippen molar-refractivity contribution in [2.45, 2.75) is 46.5 Å². The van der Waals surface area contributed by atoms with Crippen LogP contribution in [-0.2, 0) is 0 Å². The van der Waals surface area contributed by atoms with Gasteiger partial charge in [0.2, 0.25) is 0 Å². The maximum atomic E-state index is 12.6. The SMILES string of the molecule is CCOc1c(/C=C/C(=O)c2ccc(NC)cc2)cc(C(C)C)c(O)c1C(C)C. The largest absolute Gasteiger partial charge is 0.507 e. The van der Waals surface area contributed by atoms with E-state index >= 15 is 0 Å². The van der Waals surface area contributed by atoms with E-state index in [1.54, 1.807) is 24.3 Å². The van der Waals surface area contributed by atoms with Gasteiger partial charge >= 0.3 is 0 Å². The molecule has 0 saturated heterocycles. The lowest BCUT2D eigenvalue weighted by atomic mass is 9.90. The summed E-state index contributed by atoms with van der Waals surface area (Å²) in [6.07, 6.45) is 3.36. The smallest absolute Gasteiger partial charge is 0.185 e. The Hall–Kier alpha value is -2.75. The molecule has 0 radical (unpaired) electrons. The molecule has 28 heavy (non-hydrogen) atoms. The van der Waals surface area contributed by atoms with Crippen molar-refractivity contribution in [1.82, 2.24) is 0 Å². The summed E-state index contributed by atoms with van der Waals surface area (Å²) in [5, 5.41) is 13.8. The summed E-state index contributed by atoms with van der Waals surface area (Å²) in [5.41, 5.74) is 4.05. The van der Waals surface area contributed by atoms with Crippen LogP contribution in [0.15, 0.2) is 36.4 Å². The first-order valence-corrected chi connectivity index (χ1v) is 9.82. The fourth-order valence-electron chi connectivity index (χ4n) is 3.19. The predicted molar refractivity (Wildman–Crippen MR) is 117 cm³/mol. The van der Waals surface area contributed by atoms with E-state index in [1.165, 1.54) is 0 Å². The first kappa shape index (κ1) is 21.5. The van der Waals surface area contributed by atoms with Crippen LogP contribution in [0.25, 0.3) is 6.08 Å². The Kier molecular flexibility index (Phi) is 7.27. The highest BCUT2D eigenvalue weighted by Gasteiger charge is 2.21. The van der Waals surface area contributed by atoms with Gasteiger partial charge in [-0.15, -0.1) is 0 Å². The molecule has 4 heteroatoms. The van der Waals surface area contributed by atoms with Crippen molar-refractivity contribution in [2.75, 3.05) is 19.0 Å². The van der Waals surface area contributed by atoms with Crippen LogP contribution >= 0.6 is 0 Å². The summed E-state index contributed by atoms with van der Waals surface area (Å²) in [7, 11) is 1.84. The molecule has 0 aromatic heterocycles. The number of phenolic OH excluding ortho intramolecular Hbond substituents is 1. The number of phenols is 1. The first-order chi connectivity index (χ1) is 13.3. The van der Waals surface area contributed by atoms with Gasteiger partial charge in [0.05, 0.1) is 6.61 Å². The summed E-state index contributed by atoms with van der Waals surface area (Å²) in [5.74, 6) is 1.12. The van der Waals surface area contributed by atoms with Crippen molar-refractivity contribution < 1.29 is 14.6 Å². The number of ketones is 1. The zero-order valence-corrected chi connectivity index (χ0v) is 17.7. The molecule has 0 bridgehead atoms. The van der Waals surface area contributed by atoms with Crippen LogP contribution in [0.3, 0.4) is 0 Å². The Morgan fingerprint density at radius 1 is 1.14 bits per heavy atom. The van der Waals surface area contributed by atoms with Gasteiger partial charge in [-0.2, -0.15) is 0 Å². The van der Waals surface area contributed by atoms with Gasteiger partial charge in [0.15, 0.2) is 5.78 Å². The van der Waals surface area contributed by atoms with E-state index in [9.17, 15) is 9.90 Å². The summed E-state index contributed by atoms with van der Waals surface area (Å²) >= 11 is 0. The van der Waals surface area contributed by atoms with E-state index in [-0.39, 0.29) is 17.6 Å². The molecule has 2 N–H and O–H groups in total. The molecule has 0 spiro atoms. The summed E-state index contributed by atoms with van der Waals surface area (Å²) in [6, 6.07) is 9.28. The van der Waals surface area contributed by atoms with Crippen LogP contribution in [0.2, 0.25) is 0 Å². The van der Waals surface area contributed by atoms with Crippen molar-refractivity contribution in [3.63, 3.8) is 0 Å². The highest BCUT2D eigenvalue weighted by Crippen LogP contribution is 2.43. The second-order valence-corrected chi connectivity index (χ2v) is 7.41. The summed E-state index contributed by atoms with van der Waals surface area (Å²) in [6.45, 7) is 10.6. The molecule has 2 aromatic rings. The topological polar surface area (TPSA) is 58.6 Å². The number of ether oxygens (including phenoxy) is 1. The fourth-order valence-corrected chi connectivity index (χ4v) is 3.19. The number of carbonyl (C=O) groups excluding carboxylic acids is 1. The minimum Gasteiger partial charge on any atom is -0.507 e. The van der Waals surface area contributed by atoms with Crippen LogP contribution in [0.5, 0.6) is 11.5 Å². The quantitative estimate of drug-likeness (QED) is 0.436. The molecule has 0 aliphatic heterocycles. The average Bonchev–Trinajstić information content (AvgIpc) is 2.66. The van der Waals surface area contributed by atoms with Crippen molar-refractivity contribution in [3.8, 4) is 11.5 Å². The molecule has 2 aromatic carbocycles. The molecular formula is C24H31NO3. The van der Waals surface area contributed by atoms with Gasteiger partial charge in [0.25, 0.3) is 0 Å². The molecule has 0 unspecified atom stereocenters. The number of allylic oxidation sites excluding steroid dienone is 1. The van der Waals surface area contributed by atoms with E-state index in [0.717, 1.165) is 22.4 Å². The number of anilines is 1. The summed E-state index contributed by atoms with van der Waals surface area (Å²) in [4.78, 5) is 12.6. The molecule has 0 amide bonds. The minimum absolute atomic E-state index is 0.0737. The number of benzene rings is 2. The van der Waals surface area contributed by atoms with Gasteiger partial charge in [-0.05, 0) is 66.8 Å². The Balaban J connectivity index is 2.49. The third-order valence-electron chi connectivity index (χ3n) is 4.71. The van der Waals surface area contributed by atoms with E-state index in [2.05, 4.69) is 5.32 Å². The molecule has 2 rings (SSSR count). The van der Waals surface area contributed by atoms with Crippen LogP contribution in [0.4, 0.5) is 5.69 Å². The van der Waals surface area contributed by atoms with E-state index < -0.39 is 0 Å². The number of hydrogen-bond donors (Lipinski definition) is 2. The normalized spacial score (nSPS) is 11.4. The molecule has 0 heterocycles. The number of rotatable bonds is 8. The van der Waals surface area contributed by atoms with Crippen LogP contribution in [0, 0.1) is 0 Å². The van der Waals surface area contributed by atoms with Gasteiger partial charge < -0.3 is 15.2 Å². The second kappa shape index (κ2) is 9.45. The van der Waals surface area contributed by atoms with E-state index in [4.69, 9.17) is 4.74 Å². The first-order valence-electron chi connectivity index (χ1n) is 9.82. The van der Waals surface area contributed by atoms with E-state index in [0.29, 0.717) is 23.7 Å². The number of aromatic hydroxyl groups is 1. The Morgan fingerprint density at radius 3 is 2.29 bits per heavy atom. The number of hydrogen-bond acceptors (Lipinski definition) is 4. The minimum atomic E-state index is -0.0737. The molecule has 0 aliphatic carbocycles. The molecular weight excluding hydrogens is 350 g/mol. The predicted octanol–water partition coefficient (Wildman–Crippen LogP) is 5.98. The molecule has 4 nitrogen and oxygen atoms in total. The Labute approximate surface area is 168 Å². The maximum Gasteiger partial charge on any atom is 0.185 e. The van der Waals surface area contributed by atoms with Crippen LogP contribution < -0.4 is 10.1 Å². The van der Waals surface area contributed by atoms with Gasteiger partial charge in [-0.1, -0.05) is 27.7 Å². The third kappa shape index (κ3) is 4.75. The molecule has 0 atom stereocenters. The monoisotopic (exact) mass is 381 g/mol. The Bertz CT molecular complexity index is 849. The zero-order valence-electron chi connectivity index (χ0n) is 17.7. The maximum absolute atomic E-state index is 12.6. The van der Waals surface area contributed by atoms with E-state index in [1.807, 2.05) is 59.9 Å². The Morgan fingerprint density at radius 2 is 1.79 bits per heavy atom. The number of carbonyl (C=O) groups is 1. The molecule has 0 saturated carbocycles. The third-order valence-corrected chi connectivity index (χ3v) is 4.71. The van der Waals surface area contributed by atoms with Gasteiger partial charge in [-0.25, -0.2) is 0 Å². The fraction of sp³-hybridized carbons (Fsp3) is 0.375. The van der Waals surface area contributed by atoms with Gasteiger partial charge in [0, 0.05) is 29.4 Å². The number of nitrogens with one attached hydrogen (secondary N) is 1. The molecule has 150 valence electrons. The lowest BCUT2D eigenvalue weighted by Gasteiger charge is -2.21. The van der Waals surface area contributed by atoms with Crippen molar-refractivity contribution in [3.05, 3.63) is 58.7 Å². The second-order valence-electron chi connectivity index (χ2n) is 7.41. The highest BCUT2D eigenvalue weighted by molar-refractivity contribution is 6.07.